The van der Waals surface area contributed by atoms with Crippen LogP contribution < -0.4 is 10.1 Å². The first-order chi connectivity index (χ1) is 13.2. The Bertz CT molecular complexity index is 811. The van der Waals surface area contributed by atoms with E-state index in [0.717, 1.165) is 12.3 Å². The largest absolute Gasteiger partial charge is 0.469 e. The molecule has 0 saturated carbocycles. The zero-order chi connectivity index (χ0) is 20.7. The number of nitrogens with zero attached hydrogens (tertiary/aromatic N) is 1. The molecule has 0 fully saturated rings. The summed E-state index contributed by atoms with van der Waals surface area (Å²) in [6.07, 6.45) is -3.53. The number of carbonyl (C=O) groups is 2. The van der Waals surface area contributed by atoms with Gasteiger partial charge in [0.1, 0.15) is 0 Å². The molecule has 0 aliphatic heterocycles. The van der Waals surface area contributed by atoms with Gasteiger partial charge in [-0.15, -0.1) is 0 Å². The van der Waals surface area contributed by atoms with Crippen molar-refractivity contribution in [2.45, 2.75) is 18.6 Å². The van der Waals surface area contributed by atoms with Gasteiger partial charge in [0.2, 0.25) is 5.88 Å². The van der Waals surface area contributed by atoms with E-state index >= 15 is 0 Å². The summed E-state index contributed by atoms with van der Waals surface area (Å²) in [6, 6.07) is 8.26. The quantitative estimate of drug-likeness (QED) is 0.696. The first-order valence-corrected chi connectivity index (χ1v) is 8.34. The summed E-state index contributed by atoms with van der Waals surface area (Å²) >= 11 is 5.85. The molecule has 1 atom stereocenters. The number of halogens is 4. The fourth-order valence-corrected chi connectivity index (χ4v) is 2.32. The number of amides is 1. The van der Waals surface area contributed by atoms with E-state index in [4.69, 9.17) is 11.6 Å². The average molecular weight is 417 g/mol. The third kappa shape index (κ3) is 6.73. The van der Waals surface area contributed by atoms with Crippen LogP contribution >= 0.6 is 11.6 Å². The van der Waals surface area contributed by atoms with Crippen molar-refractivity contribution in [3.05, 3.63) is 58.7 Å². The predicted molar refractivity (Wildman–Crippen MR) is 94.1 cm³/mol. The Morgan fingerprint density at radius 2 is 1.86 bits per heavy atom. The highest BCUT2D eigenvalue weighted by Gasteiger charge is 2.28. The molecular formula is C18H16ClF3N2O4. The van der Waals surface area contributed by atoms with Crippen LogP contribution in [0.3, 0.4) is 0 Å². The summed E-state index contributed by atoms with van der Waals surface area (Å²) < 4.78 is 45.6. The molecule has 1 aromatic heterocycles. The summed E-state index contributed by atoms with van der Waals surface area (Å²) in [5.74, 6) is -1.37. The maximum atomic E-state index is 12.4. The lowest BCUT2D eigenvalue weighted by Crippen LogP contribution is -2.30. The predicted octanol–water partition coefficient (Wildman–Crippen LogP) is 3.71. The van der Waals surface area contributed by atoms with Crippen LogP contribution in [0.1, 0.15) is 28.4 Å². The molecule has 0 saturated heterocycles. The summed E-state index contributed by atoms with van der Waals surface area (Å²) in [6.45, 7) is -1.48. The lowest BCUT2D eigenvalue weighted by atomic mass is 10.0. The Kier molecular flexibility index (Phi) is 7.22. The number of hydrogen-bond donors (Lipinski definition) is 1. The first-order valence-electron chi connectivity index (χ1n) is 7.96. The summed E-state index contributed by atoms with van der Waals surface area (Å²) in [7, 11) is 1.23. The van der Waals surface area contributed by atoms with Crippen molar-refractivity contribution in [3.63, 3.8) is 0 Å². The number of nitrogens with one attached hydrogen (secondary N) is 1. The zero-order valence-electron chi connectivity index (χ0n) is 14.6. The van der Waals surface area contributed by atoms with E-state index in [2.05, 4.69) is 19.8 Å². The Hall–Kier alpha value is -2.81. The van der Waals surface area contributed by atoms with Crippen LogP contribution in [0.5, 0.6) is 5.88 Å². The van der Waals surface area contributed by atoms with Crippen LogP contribution in [0.4, 0.5) is 13.2 Å². The van der Waals surface area contributed by atoms with Gasteiger partial charge < -0.3 is 14.8 Å². The Labute approximate surface area is 163 Å². The molecule has 2 aromatic rings. The number of carbonyl (C=O) groups excluding carboxylic acids is 2. The van der Waals surface area contributed by atoms with Crippen LogP contribution in [0, 0.1) is 0 Å². The highest BCUT2D eigenvalue weighted by Crippen LogP contribution is 2.21. The van der Waals surface area contributed by atoms with Gasteiger partial charge in [-0.25, -0.2) is 4.98 Å². The SMILES string of the molecule is COC(=O)CC(NC(=O)c1ccc(OCC(F)(F)F)nc1)c1ccc(Cl)cc1. The second-order valence-electron chi connectivity index (χ2n) is 5.65. The third-order valence-electron chi connectivity index (χ3n) is 3.56. The molecular weight excluding hydrogens is 401 g/mol. The van der Waals surface area contributed by atoms with Crippen LogP contribution in [0.15, 0.2) is 42.6 Å². The number of benzene rings is 1. The van der Waals surface area contributed by atoms with Crippen molar-refractivity contribution in [1.29, 1.82) is 0 Å². The van der Waals surface area contributed by atoms with Gasteiger partial charge in [0.15, 0.2) is 6.61 Å². The highest BCUT2D eigenvalue weighted by molar-refractivity contribution is 6.30. The number of methoxy groups -OCH3 is 1. The van der Waals surface area contributed by atoms with E-state index in [1.165, 1.54) is 13.2 Å². The van der Waals surface area contributed by atoms with E-state index in [1.807, 2.05) is 0 Å². The van der Waals surface area contributed by atoms with Crippen LogP contribution in [-0.4, -0.2) is 36.8 Å². The van der Waals surface area contributed by atoms with E-state index in [9.17, 15) is 22.8 Å². The molecule has 10 heteroatoms. The van der Waals surface area contributed by atoms with Crippen LogP contribution in [-0.2, 0) is 9.53 Å². The molecule has 0 spiro atoms. The van der Waals surface area contributed by atoms with Gasteiger partial charge in [-0.3, -0.25) is 9.59 Å². The van der Waals surface area contributed by atoms with Crippen LogP contribution in [0.2, 0.25) is 5.02 Å². The maximum Gasteiger partial charge on any atom is 0.422 e. The van der Waals surface area contributed by atoms with Gasteiger partial charge in [0.05, 0.1) is 25.1 Å². The summed E-state index contributed by atoms with van der Waals surface area (Å²) in [4.78, 5) is 27.8. The van der Waals surface area contributed by atoms with Gasteiger partial charge >= 0.3 is 12.1 Å². The number of pyridine rings is 1. The van der Waals surface area contributed by atoms with Gasteiger partial charge in [-0.2, -0.15) is 13.2 Å². The number of esters is 1. The first kappa shape index (κ1) is 21.5. The lowest BCUT2D eigenvalue weighted by Gasteiger charge is -2.18. The van der Waals surface area contributed by atoms with E-state index < -0.39 is 30.7 Å². The number of ether oxygens (including phenoxy) is 2. The zero-order valence-corrected chi connectivity index (χ0v) is 15.4. The van der Waals surface area contributed by atoms with Gasteiger partial charge in [0, 0.05) is 17.3 Å². The third-order valence-corrected chi connectivity index (χ3v) is 3.81. The van der Waals surface area contributed by atoms with Crippen LogP contribution in [0.25, 0.3) is 0 Å². The minimum Gasteiger partial charge on any atom is -0.469 e. The molecule has 1 amide bonds. The summed E-state index contributed by atoms with van der Waals surface area (Å²) in [5.41, 5.74) is 0.712. The van der Waals surface area contributed by atoms with Gasteiger partial charge in [-0.05, 0) is 23.8 Å². The van der Waals surface area contributed by atoms with Gasteiger partial charge in [-0.1, -0.05) is 23.7 Å². The second-order valence-corrected chi connectivity index (χ2v) is 6.08. The molecule has 0 radical (unpaired) electrons. The molecule has 0 aliphatic carbocycles. The van der Waals surface area contributed by atoms with Gasteiger partial charge in [0.25, 0.3) is 5.91 Å². The molecule has 28 heavy (non-hydrogen) atoms. The monoisotopic (exact) mass is 416 g/mol. The minimum absolute atomic E-state index is 0.0863. The van der Waals surface area contributed by atoms with E-state index in [1.54, 1.807) is 24.3 Å². The fourth-order valence-electron chi connectivity index (χ4n) is 2.19. The van der Waals surface area contributed by atoms with E-state index in [0.29, 0.717) is 10.6 Å². The molecule has 1 heterocycles. The highest BCUT2D eigenvalue weighted by atomic mass is 35.5. The number of rotatable bonds is 7. The van der Waals surface area contributed by atoms with Crippen molar-refractivity contribution in [2.24, 2.45) is 0 Å². The normalized spacial score (nSPS) is 12.2. The number of alkyl halides is 3. The Morgan fingerprint density at radius 1 is 1.18 bits per heavy atom. The van der Waals surface area contributed by atoms with Crippen molar-refractivity contribution in [3.8, 4) is 5.88 Å². The second kappa shape index (κ2) is 9.41. The minimum atomic E-state index is -4.49. The average Bonchev–Trinajstić information content (AvgIpc) is 2.66. The molecule has 0 aliphatic rings. The van der Waals surface area contributed by atoms with Crippen molar-refractivity contribution in [2.75, 3.05) is 13.7 Å². The summed E-state index contributed by atoms with van der Waals surface area (Å²) in [5, 5.41) is 3.16. The Balaban J connectivity index is 2.09. The lowest BCUT2D eigenvalue weighted by molar-refractivity contribution is -0.154. The van der Waals surface area contributed by atoms with E-state index in [-0.39, 0.29) is 17.9 Å². The molecule has 1 unspecified atom stereocenters. The van der Waals surface area contributed by atoms with Crippen molar-refractivity contribution >= 4 is 23.5 Å². The topological polar surface area (TPSA) is 77.5 Å². The molecule has 6 nitrogen and oxygen atoms in total. The molecule has 0 bridgehead atoms. The maximum absolute atomic E-state index is 12.4. The number of hydrogen-bond acceptors (Lipinski definition) is 5. The molecule has 2 rings (SSSR count). The molecule has 1 N–H and O–H groups in total. The molecule has 150 valence electrons. The van der Waals surface area contributed by atoms with Crippen molar-refractivity contribution in [1.82, 2.24) is 10.3 Å². The smallest absolute Gasteiger partial charge is 0.422 e. The number of aromatic nitrogens is 1. The standard InChI is InChI=1S/C18H16ClF3N2O4/c1-27-16(25)8-14(11-2-5-13(19)6-3-11)24-17(26)12-4-7-15(23-9-12)28-10-18(20,21)22/h2-7,9,14H,8,10H2,1H3,(H,24,26). The Morgan fingerprint density at radius 3 is 2.39 bits per heavy atom. The fraction of sp³-hybridized carbons (Fsp3) is 0.278. The molecule has 1 aromatic carbocycles. The van der Waals surface area contributed by atoms with Crippen molar-refractivity contribution < 1.29 is 32.2 Å².